The minimum Gasteiger partial charge on any atom is -0.508 e. The molecule has 2 atom stereocenters. The number of aromatic nitrogens is 3. The number of fused-ring (bicyclic) bond motifs is 3. The van der Waals surface area contributed by atoms with Gasteiger partial charge >= 0.3 is 6.01 Å². The van der Waals surface area contributed by atoms with E-state index in [1.807, 2.05) is 4.90 Å². The average Bonchev–Trinajstić information content (AvgIpc) is 3.32. The predicted octanol–water partition coefficient (Wildman–Crippen LogP) is 5.38. The molecule has 3 aliphatic rings. The van der Waals surface area contributed by atoms with Gasteiger partial charge in [0.1, 0.15) is 40.9 Å². The highest BCUT2D eigenvalue weighted by Gasteiger charge is 2.54. The third kappa shape index (κ3) is 4.86. The quantitative estimate of drug-likeness (QED) is 0.305. The van der Waals surface area contributed by atoms with Crippen molar-refractivity contribution >= 4 is 27.5 Å². The number of hydrogen-bond acceptors (Lipinski definition) is 8. The van der Waals surface area contributed by atoms with E-state index in [0.29, 0.717) is 55.9 Å². The van der Waals surface area contributed by atoms with Gasteiger partial charge in [0.05, 0.1) is 23.1 Å². The first-order chi connectivity index (χ1) is 21.2. The van der Waals surface area contributed by atoms with Crippen LogP contribution in [0.2, 0.25) is 0 Å². The number of phenolic OH excluding ortho intramolecular Hbond substituents is 1. The second kappa shape index (κ2) is 10.8. The number of benzene rings is 2. The van der Waals surface area contributed by atoms with Crippen LogP contribution in [0.1, 0.15) is 38.2 Å². The molecular formula is C33H32F3N5O3. The van der Waals surface area contributed by atoms with Crippen LogP contribution in [0, 0.1) is 24.0 Å². The minimum absolute atomic E-state index is 0.0291. The van der Waals surface area contributed by atoms with Crippen LogP contribution in [-0.4, -0.2) is 82.2 Å². The lowest BCUT2D eigenvalue weighted by Gasteiger charge is -2.31. The third-order valence-corrected chi connectivity index (χ3v) is 9.05. The van der Waals surface area contributed by atoms with Crippen molar-refractivity contribution in [3.05, 3.63) is 47.7 Å². The van der Waals surface area contributed by atoms with Gasteiger partial charge in [-0.1, -0.05) is 12.0 Å². The molecule has 3 aliphatic heterocycles. The summed E-state index contributed by atoms with van der Waals surface area (Å²) in [6.45, 7) is 5.13. The van der Waals surface area contributed by atoms with Crippen molar-refractivity contribution in [2.75, 3.05) is 50.9 Å². The van der Waals surface area contributed by atoms with Gasteiger partial charge in [0, 0.05) is 49.8 Å². The second-order valence-corrected chi connectivity index (χ2v) is 12.3. The summed E-state index contributed by atoms with van der Waals surface area (Å²) in [5.41, 5.74) is -1.92. The number of hydrogen-bond donors (Lipinski definition) is 1. The van der Waals surface area contributed by atoms with Gasteiger partial charge in [0.15, 0.2) is 5.82 Å². The maximum atomic E-state index is 16.7. The van der Waals surface area contributed by atoms with Gasteiger partial charge in [-0.3, -0.25) is 9.88 Å². The van der Waals surface area contributed by atoms with Crippen LogP contribution < -0.4 is 9.64 Å². The highest BCUT2D eigenvalue weighted by atomic mass is 19.1. The molecule has 2 aromatic heterocycles. The molecule has 3 fully saturated rings. The minimum atomic E-state index is -1.32. The summed E-state index contributed by atoms with van der Waals surface area (Å²) in [6.07, 6.45) is 9.95. The Kier molecular flexibility index (Phi) is 7.02. The number of nitrogens with zero attached hydrogens (tertiary/aromatic N) is 5. The first-order valence-corrected chi connectivity index (χ1v) is 14.9. The molecule has 44 heavy (non-hydrogen) atoms. The van der Waals surface area contributed by atoms with Gasteiger partial charge in [-0.15, -0.1) is 6.42 Å². The van der Waals surface area contributed by atoms with Crippen molar-refractivity contribution in [2.24, 2.45) is 0 Å². The second-order valence-electron chi connectivity index (χ2n) is 12.3. The Balaban J connectivity index is 1.37. The molecule has 0 aliphatic carbocycles. The standard InChI is InChI=1S/C33H32F3N5O3/c1-3-22-25(34)7-6-20-14-21(42)15-23(26(20)22)28-27(35)29-24(16-37-28)30(40-9-5-12-43-13-11-40)39-31(38-29)44-19-33-8-4-10-41(33)18-32(2,36)17-33/h1,6-7,14-16,42H,4-5,8-13,17-19H2,2H3. The van der Waals surface area contributed by atoms with E-state index in [1.54, 1.807) is 6.92 Å². The molecule has 8 nitrogen and oxygen atoms in total. The Bertz CT molecular complexity index is 1820. The van der Waals surface area contributed by atoms with E-state index in [2.05, 4.69) is 20.8 Å². The lowest BCUT2D eigenvalue weighted by atomic mass is 9.90. The average molecular weight is 604 g/mol. The van der Waals surface area contributed by atoms with Gasteiger partial charge in [-0.25, -0.2) is 13.2 Å². The van der Waals surface area contributed by atoms with Crippen LogP contribution in [0.25, 0.3) is 32.9 Å². The highest BCUT2D eigenvalue weighted by molar-refractivity contribution is 6.03. The van der Waals surface area contributed by atoms with Gasteiger partial charge in [-0.2, -0.15) is 9.97 Å². The molecule has 0 amide bonds. The van der Waals surface area contributed by atoms with Crippen LogP contribution in [-0.2, 0) is 4.74 Å². The molecule has 7 rings (SSSR count). The number of alkyl halides is 1. The maximum absolute atomic E-state index is 16.7. The fraction of sp³-hybridized carbons (Fsp3) is 0.424. The van der Waals surface area contributed by atoms with Gasteiger partial charge < -0.3 is 19.5 Å². The summed E-state index contributed by atoms with van der Waals surface area (Å²) in [5.74, 6) is 1.21. The van der Waals surface area contributed by atoms with E-state index in [0.717, 1.165) is 25.8 Å². The molecule has 0 bridgehead atoms. The predicted molar refractivity (Wildman–Crippen MR) is 161 cm³/mol. The third-order valence-electron chi connectivity index (χ3n) is 9.05. The summed E-state index contributed by atoms with van der Waals surface area (Å²) in [7, 11) is 0. The molecule has 2 aromatic carbocycles. The molecule has 3 saturated heterocycles. The molecule has 0 spiro atoms. The van der Waals surface area contributed by atoms with Crippen LogP contribution in [0.15, 0.2) is 30.5 Å². The normalized spacial score (nSPS) is 24.0. The first kappa shape index (κ1) is 28.6. The van der Waals surface area contributed by atoms with E-state index in [4.69, 9.17) is 20.9 Å². The van der Waals surface area contributed by atoms with Crippen molar-refractivity contribution < 1.29 is 27.8 Å². The molecule has 1 N–H and O–H groups in total. The van der Waals surface area contributed by atoms with Gasteiger partial charge in [0.2, 0.25) is 0 Å². The zero-order chi connectivity index (χ0) is 30.6. The summed E-state index contributed by atoms with van der Waals surface area (Å²) in [6, 6.07) is 5.40. The summed E-state index contributed by atoms with van der Waals surface area (Å²) >= 11 is 0. The Labute approximate surface area is 252 Å². The molecule has 11 heteroatoms. The molecule has 2 unspecified atom stereocenters. The lowest BCUT2D eigenvalue weighted by molar-refractivity contribution is 0.107. The van der Waals surface area contributed by atoms with Gasteiger partial charge in [0.25, 0.3) is 0 Å². The number of pyridine rings is 1. The number of aromatic hydroxyl groups is 1. The van der Waals surface area contributed by atoms with Crippen molar-refractivity contribution in [3.63, 3.8) is 0 Å². The molecule has 4 aromatic rings. The van der Waals surface area contributed by atoms with Crippen molar-refractivity contribution in [3.8, 4) is 35.4 Å². The highest BCUT2D eigenvalue weighted by Crippen LogP contribution is 2.45. The Morgan fingerprint density at radius 1 is 1.14 bits per heavy atom. The molecule has 0 saturated carbocycles. The largest absolute Gasteiger partial charge is 0.508 e. The van der Waals surface area contributed by atoms with Crippen LogP contribution in [0.3, 0.4) is 0 Å². The van der Waals surface area contributed by atoms with Crippen LogP contribution in [0.5, 0.6) is 11.8 Å². The summed E-state index contributed by atoms with van der Waals surface area (Å²) in [4.78, 5) is 17.8. The monoisotopic (exact) mass is 603 g/mol. The fourth-order valence-corrected chi connectivity index (χ4v) is 7.22. The number of rotatable bonds is 5. The summed E-state index contributed by atoms with van der Waals surface area (Å²) < 4.78 is 58.4. The zero-order valence-corrected chi connectivity index (χ0v) is 24.4. The SMILES string of the molecule is C#Cc1c(F)ccc2cc(O)cc(-c3ncc4c(N5CCCOCC5)nc(OCC56CCCN5CC(C)(F)C6)nc4c3F)c12. The van der Waals surface area contributed by atoms with Crippen LogP contribution >= 0.6 is 0 Å². The Hall–Kier alpha value is -4.14. The number of anilines is 1. The fourth-order valence-electron chi connectivity index (χ4n) is 7.22. The number of phenols is 1. The number of ether oxygens (including phenoxy) is 2. The van der Waals surface area contributed by atoms with E-state index in [9.17, 15) is 9.50 Å². The smallest absolute Gasteiger partial charge is 0.319 e. The maximum Gasteiger partial charge on any atom is 0.319 e. The molecular weight excluding hydrogens is 571 g/mol. The Morgan fingerprint density at radius 3 is 2.84 bits per heavy atom. The van der Waals surface area contributed by atoms with Crippen LogP contribution in [0.4, 0.5) is 19.0 Å². The number of terminal acetylenes is 1. The first-order valence-electron chi connectivity index (χ1n) is 14.9. The summed E-state index contributed by atoms with van der Waals surface area (Å²) in [5, 5.41) is 11.5. The van der Waals surface area contributed by atoms with E-state index >= 15 is 8.78 Å². The van der Waals surface area contributed by atoms with E-state index in [-0.39, 0.29) is 46.1 Å². The van der Waals surface area contributed by atoms with E-state index in [1.165, 1.54) is 30.5 Å². The molecule has 5 heterocycles. The molecule has 228 valence electrons. The molecule has 0 radical (unpaired) electrons. The van der Waals surface area contributed by atoms with Gasteiger partial charge in [-0.05, 0) is 56.3 Å². The zero-order valence-electron chi connectivity index (χ0n) is 24.4. The van der Waals surface area contributed by atoms with Crippen molar-refractivity contribution in [1.29, 1.82) is 0 Å². The van der Waals surface area contributed by atoms with Crippen molar-refractivity contribution in [1.82, 2.24) is 19.9 Å². The Morgan fingerprint density at radius 2 is 2.00 bits per heavy atom. The topological polar surface area (TPSA) is 83.8 Å². The van der Waals surface area contributed by atoms with E-state index < -0.39 is 22.8 Å². The van der Waals surface area contributed by atoms with Crippen molar-refractivity contribution in [2.45, 2.75) is 43.8 Å². The lowest BCUT2D eigenvalue weighted by Crippen LogP contribution is -2.43. The number of halogens is 3.